The molecular weight excluding hydrogens is 318 g/mol. The third kappa shape index (κ3) is 4.29. The first-order valence-corrected chi connectivity index (χ1v) is 8.83. The van der Waals surface area contributed by atoms with Crippen molar-refractivity contribution in [1.82, 2.24) is 19.7 Å². The smallest absolute Gasteiger partial charge is 0.321 e. The monoisotopic (exact) mass is 343 g/mol. The first kappa shape index (κ1) is 17.3. The van der Waals surface area contributed by atoms with Crippen LogP contribution in [-0.4, -0.2) is 39.4 Å². The molecule has 1 aromatic heterocycles. The lowest BCUT2D eigenvalue weighted by Gasteiger charge is -2.18. The van der Waals surface area contributed by atoms with E-state index in [1.54, 1.807) is 11.9 Å². The van der Waals surface area contributed by atoms with Gasteiger partial charge in [0.2, 0.25) is 0 Å². The topological polar surface area (TPSA) is 72.3 Å². The van der Waals surface area contributed by atoms with Crippen LogP contribution in [0.2, 0.25) is 0 Å². The fourth-order valence-electron chi connectivity index (χ4n) is 3.00. The molecule has 3 rings (SSSR count). The van der Waals surface area contributed by atoms with Gasteiger partial charge in [-0.25, -0.2) is 4.79 Å². The summed E-state index contributed by atoms with van der Waals surface area (Å²) in [6, 6.07) is 7.21. The van der Waals surface area contributed by atoms with Crippen molar-refractivity contribution in [3.05, 3.63) is 35.9 Å². The Morgan fingerprint density at radius 3 is 3.04 bits per heavy atom. The minimum Gasteiger partial charge on any atom is -0.494 e. The van der Waals surface area contributed by atoms with Gasteiger partial charge < -0.3 is 19.5 Å². The van der Waals surface area contributed by atoms with Gasteiger partial charge in [0.1, 0.15) is 11.6 Å². The molecule has 0 atom stereocenters. The molecule has 134 valence electrons. The summed E-state index contributed by atoms with van der Waals surface area (Å²) in [6.07, 6.45) is 4.48. The second-order valence-electron chi connectivity index (χ2n) is 6.24. The van der Waals surface area contributed by atoms with E-state index in [0.717, 1.165) is 43.2 Å². The number of benzene rings is 1. The molecule has 1 aliphatic heterocycles. The van der Waals surface area contributed by atoms with Gasteiger partial charge in [-0.05, 0) is 31.9 Å². The van der Waals surface area contributed by atoms with Crippen LogP contribution in [0.3, 0.4) is 0 Å². The molecular formula is C18H25N5O2. The Balaban J connectivity index is 1.63. The maximum absolute atomic E-state index is 12.5. The number of nitrogens with zero attached hydrogens (tertiary/aromatic N) is 4. The Morgan fingerprint density at radius 1 is 1.32 bits per heavy atom. The lowest BCUT2D eigenvalue weighted by Crippen LogP contribution is -2.32. The van der Waals surface area contributed by atoms with Crippen LogP contribution in [0.4, 0.5) is 10.5 Å². The van der Waals surface area contributed by atoms with Crippen molar-refractivity contribution in [1.29, 1.82) is 0 Å². The van der Waals surface area contributed by atoms with E-state index in [1.807, 2.05) is 31.2 Å². The molecule has 1 aliphatic rings. The SMILES string of the molecule is CCOc1cccc(NC(=O)N(C)Cc2nnc3n2CCCCC3)c1. The quantitative estimate of drug-likeness (QED) is 0.905. The summed E-state index contributed by atoms with van der Waals surface area (Å²) in [5, 5.41) is 11.5. The average molecular weight is 343 g/mol. The summed E-state index contributed by atoms with van der Waals surface area (Å²) in [6.45, 7) is 3.89. The van der Waals surface area contributed by atoms with Crippen LogP contribution in [0.5, 0.6) is 5.75 Å². The van der Waals surface area contributed by atoms with Crippen LogP contribution < -0.4 is 10.1 Å². The van der Waals surface area contributed by atoms with Crippen LogP contribution in [0.15, 0.2) is 24.3 Å². The average Bonchev–Trinajstić information content (AvgIpc) is 2.82. The van der Waals surface area contributed by atoms with Gasteiger partial charge >= 0.3 is 6.03 Å². The maximum Gasteiger partial charge on any atom is 0.321 e. The molecule has 2 heterocycles. The van der Waals surface area contributed by atoms with Crippen LogP contribution in [0, 0.1) is 0 Å². The summed E-state index contributed by atoms with van der Waals surface area (Å²) in [5.41, 5.74) is 0.711. The largest absolute Gasteiger partial charge is 0.494 e. The van der Waals surface area contributed by atoms with Gasteiger partial charge in [0, 0.05) is 31.8 Å². The predicted octanol–water partition coefficient (Wildman–Crippen LogP) is 3.07. The molecule has 0 saturated carbocycles. The first-order valence-electron chi connectivity index (χ1n) is 8.83. The van der Waals surface area contributed by atoms with Gasteiger partial charge in [0.15, 0.2) is 5.82 Å². The zero-order valence-corrected chi connectivity index (χ0v) is 14.9. The third-order valence-electron chi connectivity index (χ3n) is 4.31. The minimum atomic E-state index is -0.181. The lowest BCUT2D eigenvalue weighted by molar-refractivity contribution is 0.219. The van der Waals surface area contributed by atoms with Crippen molar-refractivity contribution >= 4 is 11.7 Å². The van der Waals surface area contributed by atoms with Crippen LogP contribution in [-0.2, 0) is 19.5 Å². The number of nitrogens with one attached hydrogen (secondary N) is 1. The van der Waals surface area contributed by atoms with Gasteiger partial charge in [-0.2, -0.15) is 0 Å². The number of ether oxygens (including phenoxy) is 1. The Labute approximate surface area is 148 Å². The van der Waals surface area contributed by atoms with E-state index in [0.29, 0.717) is 18.8 Å². The molecule has 2 aromatic rings. The highest BCUT2D eigenvalue weighted by molar-refractivity contribution is 5.89. The molecule has 25 heavy (non-hydrogen) atoms. The number of carbonyl (C=O) groups excluding carboxylic acids is 1. The number of hydrogen-bond donors (Lipinski definition) is 1. The normalized spacial score (nSPS) is 13.7. The first-order chi connectivity index (χ1) is 12.2. The molecule has 0 radical (unpaired) electrons. The van der Waals surface area contributed by atoms with Crippen molar-refractivity contribution in [2.75, 3.05) is 19.0 Å². The van der Waals surface area contributed by atoms with Crippen molar-refractivity contribution < 1.29 is 9.53 Å². The summed E-state index contributed by atoms with van der Waals surface area (Å²) in [7, 11) is 1.76. The summed E-state index contributed by atoms with van der Waals surface area (Å²) < 4.78 is 7.62. The predicted molar refractivity (Wildman–Crippen MR) is 95.7 cm³/mol. The van der Waals surface area contributed by atoms with E-state index >= 15 is 0 Å². The fourth-order valence-corrected chi connectivity index (χ4v) is 3.00. The van der Waals surface area contributed by atoms with Crippen LogP contribution >= 0.6 is 0 Å². The van der Waals surface area contributed by atoms with Gasteiger partial charge in [-0.1, -0.05) is 12.5 Å². The van der Waals surface area contributed by atoms with E-state index in [-0.39, 0.29) is 6.03 Å². The van der Waals surface area contributed by atoms with Crippen LogP contribution in [0.1, 0.15) is 37.8 Å². The number of urea groups is 1. The van der Waals surface area contributed by atoms with Gasteiger partial charge in [0.25, 0.3) is 0 Å². The number of aromatic nitrogens is 3. The van der Waals surface area contributed by atoms with E-state index in [4.69, 9.17) is 4.74 Å². The summed E-state index contributed by atoms with van der Waals surface area (Å²) in [5.74, 6) is 2.62. The second kappa shape index (κ2) is 8.00. The molecule has 2 amide bonds. The summed E-state index contributed by atoms with van der Waals surface area (Å²) in [4.78, 5) is 14.1. The zero-order valence-electron chi connectivity index (χ0n) is 14.9. The summed E-state index contributed by atoms with van der Waals surface area (Å²) >= 11 is 0. The highest BCUT2D eigenvalue weighted by Crippen LogP contribution is 2.18. The molecule has 1 aromatic carbocycles. The fraction of sp³-hybridized carbons (Fsp3) is 0.500. The second-order valence-corrected chi connectivity index (χ2v) is 6.24. The number of rotatable bonds is 5. The zero-order chi connectivity index (χ0) is 17.6. The van der Waals surface area contributed by atoms with Crippen molar-refractivity contribution in [3.63, 3.8) is 0 Å². The Kier molecular flexibility index (Phi) is 5.53. The van der Waals surface area contributed by atoms with Crippen molar-refractivity contribution in [2.45, 2.75) is 45.7 Å². The number of aryl methyl sites for hydroxylation is 1. The molecule has 0 fully saturated rings. The van der Waals surface area contributed by atoms with Crippen LogP contribution in [0.25, 0.3) is 0 Å². The molecule has 0 aliphatic carbocycles. The molecule has 7 heteroatoms. The van der Waals surface area contributed by atoms with Crippen molar-refractivity contribution in [3.8, 4) is 5.75 Å². The molecule has 0 spiro atoms. The third-order valence-corrected chi connectivity index (χ3v) is 4.31. The number of hydrogen-bond acceptors (Lipinski definition) is 4. The van der Waals surface area contributed by atoms with Gasteiger partial charge in [-0.15, -0.1) is 10.2 Å². The Bertz CT molecular complexity index is 728. The lowest BCUT2D eigenvalue weighted by atomic mass is 10.2. The highest BCUT2D eigenvalue weighted by Gasteiger charge is 2.18. The van der Waals surface area contributed by atoms with E-state index in [2.05, 4.69) is 20.1 Å². The molecule has 0 unspecified atom stereocenters. The number of carbonyl (C=O) groups is 1. The number of amides is 2. The van der Waals surface area contributed by atoms with E-state index < -0.39 is 0 Å². The van der Waals surface area contributed by atoms with Crippen molar-refractivity contribution in [2.24, 2.45) is 0 Å². The highest BCUT2D eigenvalue weighted by atomic mass is 16.5. The number of fused-ring (bicyclic) bond motifs is 1. The van der Waals surface area contributed by atoms with E-state index in [1.165, 1.54) is 6.42 Å². The maximum atomic E-state index is 12.5. The van der Waals surface area contributed by atoms with Gasteiger partial charge in [-0.3, -0.25) is 0 Å². The van der Waals surface area contributed by atoms with Gasteiger partial charge in [0.05, 0.1) is 13.2 Å². The Morgan fingerprint density at radius 2 is 2.20 bits per heavy atom. The molecule has 0 saturated heterocycles. The minimum absolute atomic E-state index is 0.181. The van der Waals surface area contributed by atoms with E-state index in [9.17, 15) is 4.79 Å². The Hall–Kier alpha value is -2.57. The standard InChI is InChI=1S/C18H25N5O2/c1-3-25-15-9-7-8-14(12-15)19-18(24)22(2)13-17-21-20-16-10-5-4-6-11-23(16)17/h7-9,12H,3-6,10-11,13H2,1-2H3,(H,19,24). The molecule has 0 bridgehead atoms. The molecule has 7 nitrogen and oxygen atoms in total. The molecule has 1 N–H and O–H groups in total. The number of anilines is 1.